The summed E-state index contributed by atoms with van der Waals surface area (Å²) in [6.07, 6.45) is 5.45. The highest BCUT2D eigenvalue weighted by Crippen LogP contribution is 2.26. The number of nitrogens with zero attached hydrogens (tertiary/aromatic N) is 2. The van der Waals surface area contributed by atoms with E-state index in [0.29, 0.717) is 17.4 Å². The van der Waals surface area contributed by atoms with Crippen molar-refractivity contribution in [3.63, 3.8) is 0 Å². The largest absolute Gasteiger partial charge is 0.477 e. The van der Waals surface area contributed by atoms with E-state index in [0.717, 1.165) is 6.61 Å². The monoisotopic (exact) mass is 188 g/mol. The Morgan fingerprint density at radius 3 is 3.07 bits per heavy atom. The van der Waals surface area contributed by atoms with Gasteiger partial charge in [0.15, 0.2) is 0 Å². The third-order valence-corrected chi connectivity index (χ3v) is 2.56. The van der Waals surface area contributed by atoms with Gasteiger partial charge in [-0.3, -0.25) is 0 Å². The minimum atomic E-state index is 0.566. The maximum absolute atomic E-state index is 8.66. The molecule has 1 aliphatic rings. The molecular formula is C11H12N2O. The van der Waals surface area contributed by atoms with Crippen molar-refractivity contribution in [3.05, 3.63) is 23.9 Å². The maximum Gasteiger partial charge on any atom is 0.214 e. The van der Waals surface area contributed by atoms with Gasteiger partial charge in [0.25, 0.3) is 0 Å². The van der Waals surface area contributed by atoms with Gasteiger partial charge in [-0.1, -0.05) is 6.42 Å². The van der Waals surface area contributed by atoms with E-state index in [4.69, 9.17) is 10.00 Å². The highest BCUT2D eigenvalue weighted by atomic mass is 16.5. The quantitative estimate of drug-likeness (QED) is 0.730. The van der Waals surface area contributed by atoms with Gasteiger partial charge >= 0.3 is 0 Å². The highest BCUT2D eigenvalue weighted by Gasteiger charge is 2.17. The molecule has 0 N–H and O–H groups in total. The van der Waals surface area contributed by atoms with Gasteiger partial charge in [-0.15, -0.1) is 0 Å². The Kier molecular flexibility index (Phi) is 2.64. The van der Waals surface area contributed by atoms with Crippen molar-refractivity contribution < 1.29 is 4.74 Å². The van der Waals surface area contributed by atoms with Crippen LogP contribution in [-0.2, 0) is 0 Å². The number of rotatable bonds is 3. The Balaban J connectivity index is 1.91. The number of hydrogen-bond acceptors (Lipinski definition) is 3. The minimum Gasteiger partial charge on any atom is -0.477 e. The third kappa shape index (κ3) is 2.02. The van der Waals surface area contributed by atoms with Crippen LogP contribution in [-0.4, -0.2) is 11.6 Å². The summed E-state index contributed by atoms with van der Waals surface area (Å²) in [5.41, 5.74) is 0.601. The van der Waals surface area contributed by atoms with Gasteiger partial charge < -0.3 is 4.74 Å². The molecule has 0 amide bonds. The molecule has 0 unspecified atom stereocenters. The van der Waals surface area contributed by atoms with Gasteiger partial charge in [-0.2, -0.15) is 5.26 Å². The molecular weight excluding hydrogens is 176 g/mol. The summed E-state index contributed by atoms with van der Waals surface area (Å²) in [5.74, 6) is 1.26. The molecule has 1 aliphatic carbocycles. The highest BCUT2D eigenvalue weighted by molar-refractivity contribution is 5.31. The number of hydrogen-bond donors (Lipinski definition) is 0. The average molecular weight is 188 g/mol. The lowest BCUT2D eigenvalue weighted by Crippen LogP contribution is -2.19. The fraction of sp³-hybridized carbons (Fsp3) is 0.455. The second-order valence-electron chi connectivity index (χ2n) is 3.60. The molecule has 1 aromatic heterocycles. The molecule has 0 bridgehead atoms. The smallest absolute Gasteiger partial charge is 0.214 e. The number of pyridine rings is 1. The first-order valence-electron chi connectivity index (χ1n) is 4.87. The van der Waals surface area contributed by atoms with Crippen LogP contribution in [0.15, 0.2) is 18.3 Å². The van der Waals surface area contributed by atoms with E-state index in [1.807, 2.05) is 0 Å². The Bertz CT molecular complexity index is 353. The molecule has 72 valence electrons. The van der Waals surface area contributed by atoms with Crippen LogP contribution in [0.1, 0.15) is 24.8 Å². The molecule has 3 heteroatoms. The van der Waals surface area contributed by atoms with Crippen LogP contribution in [0.5, 0.6) is 5.88 Å². The average Bonchev–Trinajstić information content (AvgIpc) is 2.16. The zero-order chi connectivity index (χ0) is 9.80. The lowest BCUT2D eigenvalue weighted by atomic mass is 9.86. The van der Waals surface area contributed by atoms with E-state index in [-0.39, 0.29) is 0 Å². The van der Waals surface area contributed by atoms with Crippen molar-refractivity contribution in [1.82, 2.24) is 4.98 Å². The summed E-state index contributed by atoms with van der Waals surface area (Å²) in [5, 5.41) is 8.66. The Morgan fingerprint density at radius 2 is 2.43 bits per heavy atom. The fourth-order valence-corrected chi connectivity index (χ4v) is 1.42. The third-order valence-electron chi connectivity index (χ3n) is 2.56. The molecule has 0 radical (unpaired) electrons. The lowest BCUT2D eigenvalue weighted by Gasteiger charge is -2.24. The maximum atomic E-state index is 8.66. The van der Waals surface area contributed by atoms with Crippen LogP contribution in [0.4, 0.5) is 0 Å². The van der Waals surface area contributed by atoms with Gasteiger partial charge in [0.05, 0.1) is 18.2 Å². The predicted octanol–water partition coefficient (Wildman–Crippen LogP) is 2.13. The van der Waals surface area contributed by atoms with Gasteiger partial charge in [0, 0.05) is 12.3 Å². The zero-order valence-corrected chi connectivity index (χ0v) is 7.94. The van der Waals surface area contributed by atoms with Gasteiger partial charge in [0.1, 0.15) is 0 Å². The van der Waals surface area contributed by atoms with Gasteiger partial charge in [-0.05, 0) is 24.8 Å². The standard InChI is InChI=1S/C11H12N2O/c12-7-10-4-5-13-11(6-10)14-8-9-2-1-3-9/h4-6,9H,1-3,8H2. The normalized spacial score (nSPS) is 15.6. The molecule has 2 rings (SSSR count). The summed E-state index contributed by atoms with van der Waals surface area (Å²) >= 11 is 0. The summed E-state index contributed by atoms with van der Waals surface area (Å²) in [6.45, 7) is 0.738. The van der Waals surface area contributed by atoms with Crippen molar-refractivity contribution in [2.75, 3.05) is 6.61 Å². The van der Waals surface area contributed by atoms with E-state index >= 15 is 0 Å². The van der Waals surface area contributed by atoms with Crippen molar-refractivity contribution >= 4 is 0 Å². The predicted molar refractivity (Wildman–Crippen MR) is 51.8 cm³/mol. The molecule has 1 heterocycles. The fourth-order valence-electron chi connectivity index (χ4n) is 1.42. The van der Waals surface area contributed by atoms with Crippen molar-refractivity contribution in [3.8, 4) is 11.9 Å². The molecule has 1 aromatic rings. The molecule has 14 heavy (non-hydrogen) atoms. The zero-order valence-electron chi connectivity index (χ0n) is 7.94. The van der Waals surface area contributed by atoms with E-state index in [9.17, 15) is 0 Å². The second-order valence-corrected chi connectivity index (χ2v) is 3.60. The Morgan fingerprint density at radius 1 is 1.57 bits per heavy atom. The van der Waals surface area contributed by atoms with Crippen LogP contribution in [0.25, 0.3) is 0 Å². The van der Waals surface area contributed by atoms with E-state index < -0.39 is 0 Å². The molecule has 3 nitrogen and oxygen atoms in total. The van der Waals surface area contributed by atoms with Crippen LogP contribution in [0.3, 0.4) is 0 Å². The molecule has 1 fully saturated rings. The summed E-state index contributed by atoms with van der Waals surface area (Å²) in [6, 6.07) is 5.42. The Labute approximate surface area is 83.3 Å². The summed E-state index contributed by atoms with van der Waals surface area (Å²) < 4.78 is 5.49. The summed E-state index contributed by atoms with van der Waals surface area (Å²) in [4.78, 5) is 4.04. The lowest BCUT2D eigenvalue weighted by molar-refractivity contribution is 0.175. The van der Waals surface area contributed by atoms with Gasteiger partial charge in [-0.25, -0.2) is 4.98 Å². The molecule has 0 aromatic carbocycles. The molecule has 1 saturated carbocycles. The van der Waals surface area contributed by atoms with Gasteiger partial charge in [0.2, 0.25) is 5.88 Å². The first-order valence-corrected chi connectivity index (χ1v) is 4.87. The number of aromatic nitrogens is 1. The number of ether oxygens (including phenoxy) is 1. The van der Waals surface area contributed by atoms with Crippen LogP contribution in [0, 0.1) is 17.2 Å². The van der Waals surface area contributed by atoms with Crippen LogP contribution >= 0.6 is 0 Å². The summed E-state index contributed by atoms with van der Waals surface area (Å²) in [7, 11) is 0. The number of nitriles is 1. The van der Waals surface area contributed by atoms with Crippen molar-refractivity contribution in [2.45, 2.75) is 19.3 Å². The second kappa shape index (κ2) is 4.10. The molecule has 0 spiro atoms. The van der Waals surface area contributed by atoms with Crippen molar-refractivity contribution in [2.24, 2.45) is 5.92 Å². The minimum absolute atomic E-state index is 0.566. The van der Waals surface area contributed by atoms with E-state index in [1.54, 1.807) is 18.3 Å². The molecule has 0 saturated heterocycles. The van der Waals surface area contributed by atoms with E-state index in [1.165, 1.54) is 19.3 Å². The first kappa shape index (κ1) is 9.01. The van der Waals surface area contributed by atoms with Crippen LogP contribution in [0.2, 0.25) is 0 Å². The van der Waals surface area contributed by atoms with Crippen LogP contribution < -0.4 is 4.74 Å². The molecule has 0 atom stereocenters. The van der Waals surface area contributed by atoms with E-state index in [2.05, 4.69) is 11.1 Å². The SMILES string of the molecule is N#Cc1ccnc(OCC2CCC2)c1. The Hall–Kier alpha value is -1.56. The first-order chi connectivity index (χ1) is 6.88. The molecule has 0 aliphatic heterocycles. The topological polar surface area (TPSA) is 45.9 Å². The van der Waals surface area contributed by atoms with Crippen molar-refractivity contribution in [1.29, 1.82) is 5.26 Å².